The number of ketones is 1. The number of benzene rings is 1. The zero-order valence-electron chi connectivity index (χ0n) is 11.9. The third-order valence-electron chi connectivity index (χ3n) is 4.42. The number of Topliss-reactive ketones (excluding diaryl/α,β-unsaturated/α-hetero) is 1. The molecule has 0 spiro atoms. The van der Waals surface area contributed by atoms with Crippen LogP contribution in [0.4, 0.5) is 4.79 Å². The predicted octanol–water partition coefficient (Wildman–Crippen LogP) is 2.93. The van der Waals surface area contributed by atoms with E-state index in [0.29, 0.717) is 6.42 Å². The molecule has 1 aromatic rings. The minimum absolute atomic E-state index is 0.0104. The molecule has 3 unspecified atom stereocenters. The third-order valence-corrected chi connectivity index (χ3v) is 4.42. The van der Waals surface area contributed by atoms with Crippen LogP contribution in [0.1, 0.15) is 24.8 Å². The lowest BCUT2D eigenvalue weighted by Crippen LogP contribution is -2.37. The molecular formula is C17H19NO3. The van der Waals surface area contributed by atoms with Crippen molar-refractivity contribution in [2.75, 3.05) is 0 Å². The van der Waals surface area contributed by atoms with Crippen molar-refractivity contribution in [1.29, 1.82) is 0 Å². The van der Waals surface area contributed by atoms with Gasteiger partial charge in [-0.15, -0.1) is 6.58 Å². The second kappa shape index (κ2) is 5.72. The number of ether oxygens (including phenoxy) is 1. The van der Waals surface area contributed by atoms with E-state index < -0.39 is 0 Å². The van der Waals surface area contributed by atoms with Gasteiger partial charge in [-0.05, 0) is 24.8 Å². The van der Waals surface area contributed by atoms with Gasteiger partial charge in [0.05, 0.1) is 6.04 Å². The Labute approximate surface area is 124 Å². The summed E-state index contributed by atoms with van der Waals surface area (Å²) in [5, 5.41) is 0. The number of hydrogen-bond acceptors (Lipinski definition) is 3. The van der Waals surface area contributed by atoms with E-state index in [1.165, 1.54) is 0 Å². The highest BCUT2D eigenvalue weighted by atomic mass is 16.6. The van der Waals surface area contributed by atoms with Crippen molar-refractivity contribution in [3.8, 4) is 0 Å². The van der Waals surface area contributed by atoms with Gasteiger partial charge >= 0.3 is 6.09 Å². The average Bonchev–Trinajstić information content (AvgIpc) is 3.04. The standard InChI is InChI=1S/C17H19NO3/c1-2-6-13-14-9-10-15(16(13)19)18(14)17(20)21-11-12-7-4-3-5-8-12/h2-5,7-8,13-15H,1,6,9-11H2. The maximum absolute atomic E-state index is 12.3. The van der Waals surface area contributed by atoms with Gasteiger partial charge in [-0.3, -0.25) is 9.69 Å². The first-order valence-corrected chi connectivity index (χ1v) is 7.36. The quantitative estimate of drug-likeness (QED) is 0.799. The first kappa shape index (κ1) is 13.9. The van der Waals surface area contributed by atoms with E-state index in [2.05, 4.69) is 6.58 Å². The number of rotatable bonds is 4. The molecular weight excluding hydrogens is 266 g/mol. The molecule has 0 saturated carbocycles. The first-order chi connectivity index (χ1) is 10.2. The van der Waals surface area contributed by atoms with E-state index in [1.807, 2.05) is 30.3 Å². The average molecular weight is 285 g/mol. The van der Waals surface area contributed by atoms with Crippen molar-refractivity contribution in [1.82, 2.24) is 4.90 Å². The van der Waals surface area contributed by atoms with Gasteiger partial charge in [0.15, 0.2) is 5.78 Å². The van der Waals surface area contributed by atoms with E-state index >= 15 is 0 Å². The topological polar surface area (TPSA) is 46.6 Å². The highest BCUT2D eigenvalue weighted by Gasteiger charge is 2.54. The Morgan fingerprint density at radius 2 is 2.10 bits per heavy atom. The summed E-state index contributed by atoms with van der Waals surface area (Å²) >= 11 is 0. The van der Waals surface area contributed by atoms with Gasteiger partial charge in [-0.2, -0.15) is 0 Å². The molecule has 2 aliphatic rings. The van der Waals surface area contributed by atoms with Crippen molar-refractivity contribution in [3.05, 3.63) is 48.6 Å². The minimum Gasteiger partial charge on any atom is -0.445 e. The van der Waals surface area contributed by atoms with Gasteiger partial charge in [0.25, 0.3) is 0 Å². The summed E-state index contributed by atoms with van der Waals surface area (Å²) in [5.41, 5.74) is 0.950. The Morgan fingerprint density at radius 3 is 2.81 bits per heavy atom. The van der Waals surface area contributed by atoms with Crippen LogP contribution in [0.2, 0.25) is 0 Å². The molecule has 4 nitrogen and oxygen atoms in total. The predicted molar refractivity (Wildman–Crippen MR) is 78.6 cm³/mol. The maximum Gasteiger partial charge on any atom is 0.410 e. The van der Waals surface area contributed by atoms with E-state index in [4.69, 9.17) is 4.74 Å². The zero-order valence-corrected chi connectivity index (χ0v) is 11.9. The van der Waals surface area contributed by atoms with Crippen LogP contribution in [0.15, 0.2) is 43.0 Å². The van der Waals surface area contributed by atoms with Gasteiger partial charge in [0.2, 0.25) is 0 Å². The third kappa shape index (κ3) is 2.46. The van der Waals surface area contributed by atoms with Crippen molar-refractivity contribution in [3.63, 3.8) is 0 Å². The van der Waals surface area contributed by atoms with E-state index in [-0.39, 0.29) is 36.5 Å². The molecule has 0 radical (unpaired) electrons. The van der Waals surface area contributed by atoms with Crippen LogP contribution in [0.5, 0.6) is 0 Å². The lowest BCUT2D eigenvalue weighted by Gasteiger charge is -2.22. The molecule has 2 heterocycles. The van der Waals surface area contributed by atoms with Gasteiger partial charge < -0.3 is 4.74 Å². The summed E-state index contributed by atoms with van der Waals surface area (Å²) in [5.74, 6) is 0.0772. The molecule has 21 heavy (non-hydrogen) atoms. The Hall–Kier alpha value is -2.10. The molecule has 3 atom stereocenters. The van der Waals surface area contributed by atoms with Crippen molar-refractivity contribution in [2.24, 2.45) is 5.92 Å². The molecule has 2 fully saturated rings. The van der Waals surface area contributed by atoms with E-state index in [9.17, 15) is 9.59 Å². The van der Waals surface area contributed by atoms with Crippen LogP contribution in [0, 0.1) is 5.92 Å². The molecule has 110 valence electrons. The Bertz CT molecular complexity index is 554. The fraction of sp³-hybridized carbons (Fsp3) is 0.412. The van der Waals surface area contributed by atoms with Crippen LogP contribution in [-0.4, -0.2) is 28.9 Å². The Balaban J connectivity index is 1.65. The van der Waals surface area contributed by atoms with Crippen LogP contribution < -0.4 is 0 Å². The van der Waals surface area contributed by atoms with Crippen LogP contribution in [0.25, 0.3) is 0 Å². The minimum atomic E-state index is -0.369. The molecule has 0 aliphatic carbocycles. The lowest BCUT2D eigenvalue weighted by atomic mass is 9.86. The maximum atomic E-state index is 12.3. The molecule has 0 N–H and O–H groups in total. The number of amides is 1. The highest BCUT2D eigenvalue weighted by molar-refractivity contribution is 5.94. The molecule has 2 aliphatic heterocycles. The van der Waals surface area contributed by atoms with Crippen LogP contribution in [-0.2, 0) is 16.1 Å². The van der Waals surface area contributed by atoms with Gasteiger partial charge in [-0.1, -0.05) is 36.4 Å². The number of hydrogen-bond donors (Lipinski definition) is 0. The Kier molecular flexibility index (Phi) is 3.78. The Morgan fingerprint density at radius 1 is 1.33 bits per heavy atom. The molecule has 4 heteroatoms. The molecule has 0 aromatic heterocycles. The summed E-state index contributed by atoms with van der Waals surface area (Å²) in [6.45, 7) is 3.95. The van der Waals surface area contributed by atoms with Gasteiger partial charge in [0, 0.05) is 12.0 Å². The van der Waals surface area contributed by atoms with Gasteiger partial charge in [-0.25, -0.2) is 4.79 Å². The molecule has 2 saturated heterocycles. The van der Waals surface area contributed by atoms with E-state index in [1.54, 1.807) is 11.0 Å². The molecule has 2 bridgehead atoms. The van der Waals surface area contributed by atoms with Crippen LogP contribution in [0.3, 0.4) is 0 Å². The highest BCUT2D eigenvalue weighted by Crippen LogP contribution is 2.41. The molecule has 1 aromatic carbocycles. The fourth-order valence-electron chi connectivity index (χ4n) is 3.46. The summed E-state index contributed by atoms with van der Waals surface area (Å²) in [6, 6.07) is 9.27. The number of nitrogens with zero attached hydrogens (tertiary/aromatic N) is 1. The fourth-order valence-corrected chi connectivity index (χ4v) is 3.46. The number of carbonyl (C=O) groups excluding carboxylic acids is 2. The summed E-state index contributed by atoms with van der Waals surface area (Å²) < 4.78 is 5.38. The van der Waals surface area contributed by atoms with Crippen molar-refractivity contribution < 1.29 is 14.3 Å². The molecule has 3 rings (SSSR count). The van der Waals surface area contributed by atoms with Crippen LogP contribution >= 0.6 is 0 Å². The second-order valence-corrected chi connectivity index (χ2v) is 5.64. The monoisotopic (exact) mass is 285 g/mol. The summed E-state index contributed by atoms with van der Waals surface area (Å²) in [4.78, 5) is 26.2. The first-order valence-electron chi connectivity index (χ1n) is 7.36. The molecule has 1 amide bonds. The van der Waals surface area contributed by atoms with Gasteiger partial charge in [0.1, 0.15) is 6.61 Å². The zero-order chi connectivity index (χ0) is 14.8. The number of fused-ring (bicyclic) bond motifs is 2. The number of allylic oxidation sites excluding steroid dienone is 1. The SMILES string of the molecule is C=CCC1C(=O)C2CCC1N2C(=O)OCc1ccccc1. The van der Waals surface area contributed by atoms with Crippen molar-refractivity contribution in [2.45, 2.75) is 38.0 Å². The van der Waals surface area contributed by atoms with Crippen molar-refractivity contribution >= 4 is 11.9 Å². The normalized spacial score (nSPS) is 27.0. The number of carbonyl (C=O) groups is 2. The lowest BCUT2D eigenvalue weighted by molar-refractivity contribution is -0.123. The summed E-state index contributed by atoms with van der Waals surface area (Å²) in [7, 11) is 0. The van der Waals surface area contributed by atoms with E-state index in [0.717, 1.165) is 18.4 Å². The largest absolute Gasteiger partial charge is 0.445 e. The smallest absolute Gasteiger partial charge is 0.410 e. The summed E-state index contributed by atoms with van der Waals surface area (Å²) in [6.07, 6.45) is 3.68. The second-order valence-electron chi connectivity index (χ2n) is 5.64.